The summed E-state index contributed by atoms with van der Waals surface area (Å²) in [6, 6.07) is 18.9. The van der Waals surface area contributed by atoms with Crippen molar-refractivity contribution in [1.29, 1.82) is 0 Å². The third-order valence-corrected chi connectivity index (χ3v) is 5.50. The van der Waals surface area contributed by atoms with E-state index in [0.717, 1.165) is 28.0 Å². The molecule has 5 nitrogen and oxygen atoms in total. The first-order chi connectivity index (χ1) is 15.0. The van der Waals surface area contributed by atoms with Crippen LogP contribution in [0.3, 0.4) is 0 Å². The van der Waals surface area contributed by atoms with Crippen molar-refractivity contribution in [2.45, 2.75) is 13.3 Å². The Labute approximate surface area is 181 Å². The number of phenols is 1. The van der Waals surface area contributed by atoms with Crippen LogP contribution >= 0.6 is 0 Å². The van der Waals surface area contributed by atoms with E-state index in [4.69, 9.17) is 9.47 Å². The van der Waals surface area contributed by atoms with E-state index in [2.05, 4.69) is 36.5 Å². The van der Waals surface area contributed by atoms with E-state index < -0.39 is 0 Å². The predicted molar refractivity (Wildman–Crippen MR) is 123 cm³/mol. The molecular formula is C26H25NO4. The molecule has 1 amide bonds. The molecule has 0 saturated heterocycles. The number of hydrogen-bond acceptors (Lipinski definition) is 4. The van der Waals surface area contributed by atoms with Crippen molar-refractivity contribution in [3.05, 3.63) is 77.4 Å². The van der Waals surface area contributed by atoms with Gasteiger partial charge in [0.05, 0.1) is 14.2 Å². The van der Waals surface area contributed by atoms with Gasteiger partial charge < -0.3 is 19.9 Å². The highest BCUT2D eigenvalue weighted by Gasteiger charge is 2.16. The molecule has 158 valence electrons. The number of rotatable bonds is 6. The molecule has 0 heterocycles. The number of amides is 1. The van der Waals surface area contributed by atoms with Crippen molar-refractivity contribution in [1.82, 2.24) is 5.32 Å². The molecule has 4 rings (SSSR count). The summed E-state index contributed by atoms with van der Waals surface area (Å²) in [7, 11) is 3.16. The fourth-order valence-corrected chi connectivity index (χ4v) is 3.83. The lowest BCUT2D eigenvalue weighted by Gasteiger charge is -2.14. The third-order valence-electron chi connectivity index (χ3n) is 5.50. The summed E-state index contributed by atoms with van der Waals surface area (Å²) in [5, 5.41) is 16.4. The van der Waals surface area contributed by atoms with Crippen molar-refractivity contribution in [3.63, 3.8) is 0 Å². The van der Waals surface area contributed by atoms with E-state index in [0.29, 0.717) is 23.6 Å². The number of phenolic OH excluding ortho intramolecular Hbond substituents is 1. The van der Waals surface area contributed by atoms with E-state index in [1.54, 1.807) is 32.4 Å². The highest BCUT2D eigenvalue weighted by molar-refractivity contribution is 6.18. The summed E-state index contributed by atoms with van der Waals surface area (Å²) in [5.74, 6) is 1.16. The maximum absolute atomic E-state index is 13.1. The van der Waals surface area contributed by atoms with Gasteiger partial charge in [-0.2, -0.15) is 0 Å². The number of aryl methyl sites for hydroxylation is 1. The molecule has 0 aliphatic carbocycles. The van der Waals surface area contributed by atoms with Crippen LogP contribution < -0.4 is 14.8 Å². The fourth-order valence-electron chi connectivity index (χ4n) is 3.83. The number of benzene rings is 4. The zero-order valence-electron chi connectivity index (χ0n) is 17.9. The molecular weight excluding hydrogens is 390 g/mol. The molecule has 4 aromatic rings. The molecule has 0 aromatic heterocycles. The van der Waals surface area contributed by atoms with Crippen LogP contribution in [0.15, 0.2) is 60.7 Å². The average Bonchev–Trinajstić information content (AvgIpc) is 2.78. The van der Waals surface area contributed by atoms with Gasteiger partial charge in [-0.15, -0.1) is 0 Å². The molecule has 0 unspecified atom stereocenters. The van der Waals surface area contributed by atoms with Crippen molar-refractivity contribution >= 4 is 27.5 Å². The van der Waals surface area contributed by atoms with Gasteiger partial charge in [0, 0.05) is 12.1 Å². The minimum Gasteiger partial charge on any atom is -0.508 e. The molecule has 5 heteroatoms. The summed E-state index contributed by atoms with van der Waals surface area (Å²) in [4.78, 5) is 13.1. The van der Waals surface area contributed by atoms with Crippen LogP contribution in [-0.4, -0.2) is 31.8 Å². The van der Waals surface area contributed by atoms with Crippen LogP contribution in [0.2, 0.25) is 0 Å². The Morgan fingerprint density at radius 2 is 1.58 bits per heavy atom. The van der Waals surface area contributed by atoms with Gasteiger partial charge in [-0.05, 0) is 76.9 Å². The molecule has 31 heavy (non-hydrogen) atoms. The second-order valence-corrected chi connectivity index (χ2v) is 7.57. The number of ether oxygens (including phenoxy) is 2. The number of fused-ring (bicyclic) bond motifs is 3. The maximum Gasteiger partial charge on any atom is 0.251 e. The molecule has 0 spiro atoms. The lowest BCUT2D eigenvalue weighted by molar-refractivity contribution is 0.0956. The van der Waals surface area contributed by atoms with Crippen LogP contribution in [0.25, 0.3) is 21.5 Å². The summed E-state index contributed by atoms with van der Waals surface area (Å²) in [6.07, 6.45) is 0.753. The fraction of sp³-hybridized carbons (Fsp3) is 0.192. The summed E-state index contributed by atoms with van der Waals surface area (Å²) in [5.41, 5.74) is 2.94. The Hall–Kier alpha value is -3.73. The molecule has 0 fully saturated rings. The zero-order valence-corrected chi connectivity index (χ0v) is 17.9. The molecule has 4 aromatic carbocycles. The first-order valence-corrected chi connectivity index (χ1v) is 10.2. The Morgan fingerprint density at radius 1 is 0.871 bits per heavy atom. The van der Waals surface area contributed by atoms with Gasteiger partial charge in [0.2, 0.25) is 0 Å². The van der Waals surface area contributed by atoms with Crippen molar-refractivity contribution in [2.24, 2.45) is 0 Å². The normalized spacial score (nSPS) is 10.9. The first kappa shape index (κ1) is 20.5. The van der Waals surface area contributed by atoms with Gasteiger partial charge in [0.1, 0.15) is 5.75 Å². The number of carbonyl (C=O) groups excluding carboxylic acids is 1. The number of carbonyl (C=O) groups is 1. The average molecular weight is 415 g/mol. The molecule has 0 atom stereocenters. The Kier molecular flexibility index (Phi) is 5.67. The monoisotopic (exact) mass is 415 g/mol. The quantitative estimate of drug-likeness (QED) is 0.435. The van der Waals surface area contributed by atoms with E-state index in [1.165, 1.54) is 11.1 Å². The molecule has 0 radical (unpaired) electrons. The summed E-state index contributed by atoms with van der Waals surface area (Å²) in [6.45, 7) is 2.59. The highest BCUT2D eigenvalue weighted by atomic mass is 16.5. The largest absolute Gasteiger partial charge is 0.508 e. The maximum atomic E-state index is 13.1. The lowest BCUT2D eigenvalue weighted by atomic mass is 9.96. The Bertz CT molecular complexity index is 1260. The third kappa shape index (κ3) is 4.12. The minimum absolute atomic E-state index is 0.139. The van der Waals surface area contributed by atoms with Crippen LogP contribution in [0.4, 0.5) is 0 Å². The highest BCUT2D eigenvalue weighted by Crippen LogP contribution is 2.38. The SMILES string of the molecule is COc1cc2cc(C(=O)NCCc3ccc(C)cc3)c3ccc(O)cc3c2cc1OC. The van der Waals surface area contributed by atoms with Crippen LogP contribution in [0, 0.1) is 6.92 Å². The molecule has 0 bridgehead atoms. The second kappa shape index (κ2) is 8.56. The molecule has 2 N–H and O–H groups in total. The van der Waals surface area contributed by atoms with Crippen molar-refractivity contribution < 1.29 is 19.4 Å². The Balaban J connectivity index is 1.71. The number of methoxy groups -OCH3 is 2. The minimum atomic E-state index is -0.153. The van der Waals surface area contributed by atoms with Crippen LogP contribution in [0.1, 0.15) is 21.5 Å². The topological polar surface area (TPSA) is 67.8 Å². The lowest BCUT2D eigenvalue weighted by Crippen LogP contribution is -2.26. The van der Waals surface area contributed by atoms with Gasteiger partial charge in [0.15, 0.2) is 11.5 Å². The van der Waals surface area contributed by atoms with Crippen molar-refractivity contribution in [3.8, 4) is 17.2 Å². The van der Waals surface area contributed by atoms with Gasteiger partial charge in [-0.1, -0.05) is 29.8 Å². The first-order valence-electron chi connectivity index (χ1n) is 10.2. The second-order valence-electron chi connectivity index (χ2n) is 7.57. The number of nitrogens with one attached hydrogen (secondary N) is 1. The van der Waals surface area contributed by atoms with E-state index >= 15 is 0 Å². The van der Waals surface area contributed by atoms with E-state index in [9.17, 15) is 9.90 Å². The van der Waals surface area contributed by atoms with Gasteiger partial charge in [-0.25, -0.2) is 0 Å². The van der Waals surface area contributed by atoms with Crippen LogP contribution in [0.5, 0.6) is 17.2 Å². The molecule has 0 aliphatic heterocycles. The van der Waals surface area contributed by atoms with Crippen LogP contribution in [-0.2, 0) is 6.42 Å². The number of hydrogen-bond donors (Lipinski definition) is 2. The Morgan fingerprint density at radius 3 is 2.29 bits per heavy atom. The summed E-state index contributed by atoms with van der Waals surface area (Å²) >= 11 is 0. The van der Waals surface area contributed by atoms with Gasteiger partial charge in [-0.3, -0.25) is 4.79 Å². The zero-order chi connectivity index (χ0) is 22.0. The van der Waals surface area contributed by atoms with E-state index in [-0.39, 0.29) is 11.7 Å². The molecule has 0 saturated carbocycles. The van der Waals surface area contributed by atoms with Gasteiger partial charge in [0.25, 0.3) is 5.91 Å². The number of aromatic hydroxyl groups is 1. The molecule has 0 aliphatic rings. The van der Waals surface area contributed by atoms with Gasteiger partial charge >= 0.3 is 0 Å². The standard InChI is InChI=1S/C26H25NO4/c1-16-4-6-17(7-5-16)10-11-27-26(29)23-12-18-13-24(30-2)25(31-3)15-21(18)22-14-19(28)8-9-20(22)23/h4-9,12-15,28H,10-11H2,1-3H3,(H,27,29). The summed E-state index contributed by atoms with van der Waals surface area (Å²) < 4.78 is 10.9. The van der Waals surface area contributed by atoms with E-state index in [1.807, 2.05) is 18.2 Å². The predicted octanol–water partition coefficient (Wildman–Crippen LogP) is 5.00. The smallest absolute Gasteiger partial charge is 0.251 e. The van der Waals surface area contributed by atoms with Crippen molar-refractivity contribution in [2.75, 3.05) is 20.8 Å².